The molecular formula is C25H32N2O4. The average molecular weight is 425 g/mol. The number of rotatable bonds is 3. The van der Waals surface area contributed by atoms with Crippen LogP contribution in [-0.2, 0) is 4.79 Å². The fourth-order valence-electron chi connectivity index (χ4n) is 7.66. The Morgan fingerprint density at radius 2 is 1.81 bits per heavy atom. The number of nitro groups is 1. The molecule has 6 nitrogen and oxygen atoms in total. The summed E-state index contributed by atoms with van der Waals surface area (Å²) < 4.78 is 0. The molecule has 0 amide bonds. The van der Waals surface area contributed by atoms with Crippen LogP contribution in [0.5, 0.6) is 5.75 Å². The van der Waals surface area contributed by atoms with Crippen molar-refractivity contribution >= 4 is 17.2 Å². The smallest absolute Gasteiger partial charge is 0.269 e. The number of non-ortho nitro benzene ring substituents is 1. The number of hydrogen-bond acceptors (Lipinski definition) is 5. The van der Waals surface area contributed by atoms with E-state index in [4.69, 9.17) is 4.84 Å². The molecule has 166 valence electrons. The third-order valence-corrected chi connectivity index (χ3v) is 9.54. The molecule has 0 radical (unpaired) electrons. The Balaban J connectivity index is 1.27. The quantitative estimate of drug-likeness (QED) is 0.444. The van der Waals surface area contributed by atoms with Gasteiger partial charge in [-0.2, -0.15) is 0 Å². The van der Waals surface area contributed by atoms with E-state index in [-0.39, 0.29) is 11.1 Å². The topological polar surface area (TPSA) is 81.8 Å². The minimum Gasteiger partial charge on any atom is -0.357 e. The van der Waals surface area contributed by atoms with E-state index in [0.29, 0.717) is 34.7 Å². The molecule has 1 aromatic carbocycles. The van der Waals surface area contributed by atoms with Gasteiger partial charge in [-0.1, -0.05) is 19.0 Å². The SMILES string of the molecule is C[C@]12CC/C(=N/Oc3ccc([N+](=O)[O-])cc3)CC1CC[C@@H]1[C@@H]2CC[C@]2(C)C(=O)CC[C@@H]12. The van der Waals surface area contributed by atoms with Crippen molar-refractivity contribution < 1.29 is 14.6 Å². The van der Waals surface area contributed by atoms with Crippen LogP contribution in [-0.4, -0.2) is 16.4 Å². The maximum atomic E-state index is 12.6. The van der Waals surface area contributed by atoms with Crippen molar-refractivity contribution in [2.75, 3.05) is 0 Å². The zero-order valence-corrected chi connectivity index (χ0v) is 18.5. The molecule has 0 spiro atoms. The number of nitro benzene ring substituents is 1. The monoisotopic (exact) mass is 424 g/mol. The fraction of sp³-hybridized carbons (Fsp3) is 0.680. The first-order valence-electron chi connectivity index (χ1n) is 11.8. The Hall–Kier alpha value is -2.24. The highest BCUT2D eigenvalue weighted by Crippen LogP contribution is 2.65. The van der Waals surface area contributed by atoms with Gasteiger partial charge < -0.3 is 4.84 Å². The Morgan fingerprint density at radius 3 is 2.55 bits per heavy atom. The third-order valence-electron chi connectivity index (χ3n) is 9.54. The maximum Gasteiger partial charge on any atom is 0.269 e. The number of oxime groups is 1. The van der Waals surface area contributed by atoms with Crippen molar-refractivity contribution in [1.82, 2.24) is 0 Å². The summed E-state index contributed by atoms with van der Waals surface area (Å²) in [5.41, 5.74) is 1.45. The van der Waals surface area contributed by atoms with Crippen molar-refractivity contribution in [3.8, 4) is 5.75 Å². The number of fused-ring (bicyclic) bond motifs is 5. The molecule has 1 aromatic rings. The first kappa shape index (κ1) is 20.7. The van der Waals surface area contributed by atoms with Crippen molar-refractivity contribution in [2.24, 2.45) is 39.7 Å². The summed E-state index contributed by atoms with van der Waals surface area (Å²) >= 11 is 0. The number of benzene rings is 1. The van der Waals surface area contributed by atoms with E-state index in [1.807, 2.05) is 0 Å². The van der Waals surface area contributed by atoms with Gasteiger partial charge >= 0.3 is 0 Å². The van der Waals surface area contributed by atoms with Gasteiger partial charge in [-0.15, -0.1) is 0 Å². The molecule has 4 aliphatic rings. The van der Waals surface area contributed by atoms with E-state index in [1.54, 1.807) is 12.1 Å². The molecular weight excluding hydrogens is 392 g/mol. The van der Waals surface area contributed by atoms with Crippen LogP contribution < -0.4 is 4.84 Å². The largest absolute Gasteiger partial charge is 0.357 e. The average Bonchev–Trinajstić information content (AvgIpc) is 3.07. The number of carbonyl (C=O) groups excluding carboxylic acids is 1. The van der Waals surface area contributed by atoms with Crippen molar-refractivity contribution in [2.45, 2.75) is 71.6 Å². The molecule has 0 N–H and O–H groups in total. The molecule has 0 aromatic heterocycles. The van der Waals surface area contributed by atoms with Crippen LogP contribution in [0.15, 0.2) is 29.4 Å². The summed E-state index contributed by atoms with van der Waals surface area (Å²) in [6.45, 7) is 4.75. The van der Waals surface area contributed by atoms with Gasteiger partial charge in [0.15, 0.2) is 5.75 Å². The Labute approximate surface area is 183 Å². The van der Waals surface area contributed by atoms with Crippen LogP contribution in [0.3, 0.4) is 0 Å². The number of hydrogen-bond donors (Lipinski definition) is 0. The van der Waals surface area contributed by atoms with Crippen LogP contribution in [0.2, 0.25) is 0 Å². The molecule has 0 saturated heterocycles. The normalized spacial score (nSPS) is 40.7. The molecule has 0 aliphatic heterocycles. The van der Waals surface area contributed by atoms with Gasteiger partial charge in [0.25, 0.3) is 5.69 Å². The van der Waals surface area contributed by atoms with E-state index < -0.39 is 4.92 Å². The van der Waals surface area contributed by atoms with Crippen LogP contribution >= 0.6 is 0 Å². The van der Waals surface area contributed by atoms with Crippen molar-refractivity contribution in [3.63, 3.8) is 0 Å². The highest BCUT2D eigenvalue weighted by molar-refractivity contribution is 5.87. The molecule has 31 heavy (non-hydrogen) atoms. The number of nitrogens with zero attached hydrogens (tertiary/aromatic N) is 2. The predicted molar refractivity (Wildman–Crippen MR) is 118 cm³/mol. The zero-order chi connectivity index (χ0) is 21.8. The number of Topliss-reactive ketones (excluding diaryl/α,β-unsaturated/α-hetero) is 1. The van der Waals surface area contributed by atoms with E-state index in [1.165, 1.54) is 31.4 Å². The maximum absolute atomic E-state index is 12.6. The number of carbonyl (C=O) groups is 1. The standard InChI is InChI=1S/C25H32N2O4/c1-24-13-11-17(26-31-19-6-4-18(5-7-19)27(29)30)15-16(24)3-8-20-21-9-10-23(28)25(21,2)14-12-22(20)24/h4-7,16,20-22H,3,8-15H2,1-2H3/b26-17-/t16?,20-,21-,22-,24-,25-/m0/s1. The lowest BCUT2D eigenvalue weighted by molar-refractivity contribution is -0.384. The van der Waals surface area contributed by atoms with Gasteiger partial charge in [0.2, 0.25) is 0 Å². The Kier molecular flexibility index (Phi) is 4.94. The predicted octanol–water partition coefficient (Wildman–Crippen LogP) is 5.94. The summed E-state index contributed by atoms with van der Waals surface area (Å²) in [6.07, 6.45) is 9.70. The molecule has 0 bridgehead atoms. The van der Waals surface area contributed by atoms with Crippen LogP contribution in [0.1, 0.15) is 71.6 Å². The van der Waals surface area contributed by atoms with E-state index in [2.05, 4.69) is 19.0 Å². The van der Waals surface area contributed by atoms with Gasteiger partial charge in [0.1, 0.15) is 5.78 Å². The van der Waals surface area contributed by atoms with Gasteiger partial charge in [-0.25, -0.2) is 0 Å². The molecule has 4 fully saturated rings. The van der Waals surface area contributed by atoms with Gasteiger partial charge in [0.05, 0.1) is 10.6 Å². The fourth-order valence-corrected chi connectivity index (χ4v) is 7.66. The van der Waals surface area contributed by atoms with Gasteiger partial charge in [-0.05, 0) is 92.6 Å². The summed E-state index contributed by atoms with van der Waals surface area (Å²) in [7, 11) is 0. The molecule has 4 saturated carbocycles. The van der Waals surface area contributed by atoms with Crippen LogP contribution in [0.25, 0.3) is 0 Å². The van der Waals surface area contributed by atoms with Gasteiger partial charge in [0, 0.05) is 24.0 Å². The van der Waals surface area contributed by atoms with E-state index in [9.17, 15) is 14.9 Å². The first-order valence-corrected chi connectivity index (χ1v) is 11.8. The summed E-state index contributed by atoms with van der Waals surface area (Å²) in [6, 6.07) is 6.09. The minimum atomic E-state index is -0.413. The second kappa shape index (κ2) is 7.42. The highest BCUT2D eigenvalue weighted by Gasteiger charge is 2.60. The highest BCUT2D eigenvalue weighted by atomic mass is 16.6. The van der Waals surface area contributed by atoms with Crippen molar-refractivity contribution in [3.05, 3.63) is 34.4 Å². The minimum absolute atomic E-state index is 0.0513. The molecule has 6 atom stereocenters. The third kappa shape index (κ3) is 3.30. The molecule has 5 rings (SSSR count). The number of ketones is 1. The molecule has 4 aliphatic carbocycles. The van der Waals surface area contributed by atoms with Crippen LogP contribution in [0.4, 0.5) is 5.69 Å². The first-order chi connectivity index (χ1) is 14.8. The van der Waals surface area contributed by atoms with Crippen LogP contribution in [0, 0.1) is 44.6 Å². The Morgan fingerprint density at radius 1 is 1.03 bits per heavy atom. The van der Waals surface area contributed by atoms with Crippen molar-refractivity contribution in [1.29, 1.82) is 0 Å². The second-order valence-electron chi connectivity index (χ2n) is 10.8. The second-order valence-corrected chi connectivity index (χ2v) is 10.8. The summed E-state index contributed by atoms with van der Waals surface area (Å²) in [4.78, 5) is 28.6. The lowest BCUT2D eigenvalue weighted by atomic mass is 9.45. The molecule has 0 heterocycles. The Bertz CT molecular complexity index is 926. The molecule has 6 heteroatoms. The van der Waals surface area contributed by atoms with E-state index >= 15 is 0 Å². The summed E-state index contributed by atoms with van der Waals surface area (Å²) in [5, 5.41) is 15.2. The zero-order valence-electron chi connectivity index (χ0n) is 18.5. The lowest BCUT2D eigenvalue weighted by Crippen LogP contribution is -2.53. The summed E-state index contributed by atoms with van der Waals surface area (Å²) in [5.74, 6) is 3.71. The van der Waals surface area contributed by atoms with Gasteiger partial charge in [-0.3, -0.25) is 14.9 Å². The molecule has 1 unspecified atom stereocenters. The van der Waals surface area contributed by atoms with E-state index in [0.717, 1.165) is 50.2 Å². The lowest BCUT2D eigenvalue weighted by Gasteiger charge is -2.59.